The number of rotatable bonds is 5. The number of ether oxygens (including phenoxy) is 1. The van der Waals surface area contributed by atoms with Gasteiger partial charge in [0.2, 0.25) is 11.8 Å². The Kier molecular flexibility index (Phi) is 4.14. The second-order valence-corrected chi connectivity index (χ2v) is 4.59. The Labute approximate surface area is 102 Å². The van der Waals surface area contributed by atoms with Gasteiger partial charge in [-0.2, -0.15) is 4.98 Å². The molecular weight excluding hydrogens is 216 g/mol. The molecule has 0 aliphatic carbocycles. The van der Waals surface area contributed by atoms with Gasteiger partial charge in [0.1, 0.15) is 0 Å². The highest BCUT2D eigenvalue weighted by atomic mass is 16.5. The molecular formula is C12H20N4O. The van der Waals surface area contributed by atoms with Crippen molar-refractivity contribution in [2.75, 3.05) is 38.7 Å². The zero-order chi connectivity index (χ0) is 12.1. The lowest BCUT2D eigenvalue weighted by Crippen LogP contribution is -2.14. The van der Waals surface area contributed by atoms with E-state index in [9.17, 15) is 0 Å². The molecule has 1 aromatic rings. The molecule has 1 aliphatic rings. The summed E-state index contributed by atoms with van der Waals surface area (Å²) in [5.41, 5.74) is 0. The minimum Gasteiger partial charge on any atom is -0.478 e. The molecule has 0 radical (unpaired) electrons. The fraction of sp³-hybridized carbons (Fsp3) is 0.667. The van der Waals surface area contributed by atoms with Gasteiger partial charge in [-0.15, -0.1) is 0 Å². The molecule has 94 valence electrons. The maximum Gasteiger partial charge on any atom is 0.228 e. The molecule has 2 rings (SSSR count). The van der Waals surface area contributed by atoms with Crippen LogP contribution in [0.25, 0.3) is 0 Å². The molecule has 0 bridgehead atoms. The first-order valence-corrected chi connectivity index (χ1v) is 6.09. The third-order valence-electron chi connectivity index (χ3n) is 2.96. The SMILES string of the molecule is CN(C)c1nccc(OCCC2CCNC2)n1. The van der Waals surface area contributed by atoms with Crippen molar-refractivity contribution in [3.8, 4) is 5.88 Å². The fourth-order valence-electron chi connectivity index (χ4n) is 1.92. The summed E-state index contributed by atoms with van der Waals surface area (Å²) in [6, 6.07) is 1.81. The molecule has 2 heterocycles. The quantitative estimate of drug-likeness (QED) is 0.824. The molecule has 1 fully saturated rings. The Hall–Kier alpha value is -1.36. The highest BCUT2D eigenvalue weighted by Crippen LogP contribution is 2.14. The summed E-state index contributed by atoms with van der Waals surface area (Å²) in [7, 11) is 3.84. The van der Waals surface area contributed by atoms with Gasteiger partial charge in [0.05, 0.1) is 6.61 Å². The van der Waals surface area contributed by atoms with E-state index in [1.165, 1.54) is 6.42 Å². The fourth-order valence-corrected chi connectivity index (χ4v) is 1.92. The summed E-state index contributed by atoms with van der Waals surface area (Å²) >= 11 is 0. The molecule has 5 heteroatoms. The van der Waals surface area contributed by atoms with Crippen molar-refractivity contribution in [3.63, 3.8) is 0 Å². The first kappa shape index (κ1) is 12.1. The number of nitrogens with zero attached hydrogens (tertiary/aromatic N) is 3. The van der Waals surface area contributed by atoms with Crippen LogP contribution in [0.5, 0.6) is 5.88 Å². The van der Waals surface area contributed by atoms with Crippen LogP contribution in [0.1, 0.15) is 12.8 Å². The topological polar surface area (TPSA) is 50.3 Å². The lowest BCUT2D eigenvalue weighted by Gasteiger charge is -2.12. The molecule has 17 heavy (non-hydrogen) atoms. The van der Waals surface area contributed by atoms with Gasteiger partial charge in [-0.1, -0.05) is 0 Å². The molecule has 1 aliphatic heterocycles. The number of anilines is 1. The Morgan fingerprint density at radius 3 is 3.12 bits per heavy atom. The zero-order valence-corrected chi connectivity index (χ0v) is 10.5. The normalized spacial score (nSPS) is 19.3. The smallest absolute Gasteiger partial charge is 0.228 e. The van der Waals surface area contributed by atoms with Gasteiger partial charge in [0.15, 0.2) is 0 Å². The van der Waals surface area contributed by atoms with Gasteiger partial charge in [-0.3, -0.25) is 0 Å². The first-order valence-electron chi connectivity index (χ1n) is 6.09. The molecule has 1 saturated heterocycles. The Balaban J connectivity index is 1.79. The van der Waals surface area contributed by atoms with Crippen LogP contribution in [0.3, 0.4) is 0 Å². The molecule has 1 unspecified atom stereocenters. The van der Waals surface area contributed by atoms with Gasteiger partial charge in [0.25, 0.3) is 0 Å². The van der Waals surface area contributed by atoms with Gasteiger partial charge in [0, 0.05) is 26.4 Å². The van der Waals surface area contributed by atoms with E-state index < -0.39 is 0 Å². The predicted molar refractivity (Wildman–Crippen MR) is 67.4 cm³/mol. The number of hydrogen-bond acceptors (Lipinski definition) is 5. The van der Waals surface area contributed by atoms with Crippen molar-refractivity contribution in [1.29, 1.82) is 0 Å². The van der Waals surface area contributed by atoms with Crippen LogP contribution in [0.2, 0.25) is 0 Å². The maximum atomic E-state index is 5.65. The number of aromatic nitrogens is 2. The molecule has 0 saturated carbocycles. The van der Waals surface area contributed by atoms with Crippen molar-refractivity contribution < 1.29 is 4.74 Å². The first-order chi connectivity index (χ1) is 8.25. The average molecular weight is 236 g/mol. The summed E-state index contributed by atoms with van der Waals surface area (Å²) < 4.78 is 5.65. The van der Waals surface area contributed by atoms with Crippen LogP contribution in [-0.4, -0.2) is 43.8 Å². The summed E-state index contributed by atoms with van der Waals surface area (Å²) in [6.07, 6.45) is 4.08. The lowest BCUT2D eigenvalue weighted by molar-refractivity contribution is 0.274. The standard InChI is InChI=1S/C12H20N4O/c1-16(2)12-14-7-4-11(15-12)17-8-5-10-3-6-13-9-10/h4,7,10,13H,3,5-6,8-9H2,1-2H3. The minimum absolute atomic E-state index is 0.662. The van der Waals surface area contributed by atoms with Crippen molar-refractivity contribution >= 4 is 5.95 Å². The van der Waals surface area contributed by atoms with Crippen LogP contribution in [-0.2, 0) is 0 Å². The van der Waals surface area contributed by atoms with Gasteiger partial charge in [-0.05, 0) is 31.8 Å². The van der Waals surface area contributed by atoms with Crippen LogP contribution >= 0.6 is 0 Å². The largest absolute Gasteiger partial charge is 0.478 e. The van der Waals surface area contributed by atoms with Crippen LogP contribution < -0.4 is 15.0 Å². The molecule has 0 amide bonds. The van der Waals surface area contributed by atoms with Gasteiger partial charge < -0.3 is 15.0 Å². The van der Waals surface area contributed by atoms with Crippen molar-refractivity contribution in [3.05, 3.63) is 12.3 Å². The van der Waals surface area contributed by atoms with Crippen LogP contribution in [0.4, 0.5) is 5.95 Å². The van der Waals surface area contributed by atoms with E-state index in [-0.39, 0.29) is 0 Å². The van der Waals surface area contributed by atoms with E-state index in [2.05, 4.69) is 15.3 Å². The molecule has 0 spiro atoms. The zero-order valence-electron chi connectivity index (χ0n) is 10.5. The Morgan fingerprint density at radius 1 is 1.53 bits per heavy atom. The van der Waals surface area contributed by atoms with Crippen LogP contribution in [0.15, 0.2) is 12.3 Å². The summed E-state index contributed by atoms with van der Waals surface area (Å²) in [6.45, 7) is 3.00. The van der Waals surface area contributed by atoms with E-state index in [0.717, 1.165) is 32.0 Å². The van der Waals surface area contributed by atoms with Gasteiger partial charge >= 0.3 is 0 Å². The third-order valence-corrected chi connectivity index (χ3v) is 2.96. The molecule has 0 aromatic carbocycles. The molecule has 1 atom stereocenters. The maximum absolute atomic E-state index is 5.65. The van der Waals surface area contributed by atoms with Crippen molar-refractivity contribution in [1.82, 2.24) is 15.3 Å². The van der Waals surface area contributed by atoms with Gasteiger partial charge in [-0.25, -0.2) is 4.98 Å². The lowest BCUT2D eigenvalue weighted by atomic mass is 10.1. The van der Waals surface area contributed by atoms with E-state index in [1.807, 2.05) is 19.0 Å². The molecule has 1 aromatic heterocycles. The van der Waals surface area contributed by atoms with Crippen molar-refractivity contribution in [2.45, 2.75) is 12.8 Å². The van der Waals surface area contributed by atoms with Crippen molar-refractivity contribution in [2.24, 2.45) is 5.92 Å². The Morgan fingerprint density at radius 2 is 2.41 bits per heavy atom. The summed E-state index contributed by atoms with van der Waals surface area (Å²) in [5, 5.41) is 3.36. The molecule has 5 nitrogen and oxygen atoms in total. The average Bonchev–Trinajstić information content (AvgIpc) is 2.82. The molecule has 1 N–H and O–H groups in total. The van der Waals surface area contributed by atoms with Crippen LogP contribution in [0, 0.1) is 5.92 Å². The summed E-state index contributed by atoms with van der Waals surface area (Å²) in [4.78, 5) is 10.3. The van der Waals surface area contributed by atoms with E-state index in [0.29, 0.717) is 11.8 Å². The number of nitrogens with one attached hydrogen (secondary N) is 1. The second kappa shape index (κ2) is 5.82. The highest BCUT2D eigenvalue weighted by molar-refractivity contribution is 5.29. The van der Waals surface area contributed by atoms with E-state index >= 15 is 0 Å². The third kappa shape index (κ3) is 3.56. The second-order valence-electron chi connectivity index (χ2n) is 4.59. The number of hydrogen-bond donors (Lipinski definition) is 1. The summed E-state index contributed by atoms with van der Waals surface area (Å²) in [5.74, 6) is 2.10. The Bertz CT molecular complexity index is 350. The van der Waals surface area contributed by atoms with E-state index in [1.54, 1.807) is 12.3 Å². The van der Waals surface area contributed by atoms with E-state index in [4.69, 9.17) is 4.74 Å². The minimum atomic E-state index is 0.662. The predicted octanol–water partition coefficient (Wildman–Crippen LogP) is 0.921. The highest BCUT2D eigenvalue weighted by Gasteiger charge is 2.14. The monoisotopic (exact) mass is 236 g/mol.